The summed E-state index contributed by atoms with van der Waals surface area (Å²) in [5.41, 5.74) is 13.5. The van der Waals surface area contributed by atoms with Gasteiger partial charge in [0.25, 0.3) is 0 Å². The molecule has 4 N–H and O–H groups in total. The summed E-state index contributed by atoms with van der Waals surface area (Å²) in [7, 11) is -3.57. The van der Waals surface area contributed by atoms with E-state index < -0.39 is 9.84 Å². The van der Waals surface area contributed by atoms with E-state index in [9.17, 15) is 8.42 Å². The third kappa shape index (κ3) is 5.65. The standard InChI is InChI=1S/C20H26N4O2S/c1-3-23-19(21)13-15-5-9-17(10-6-15)27(25,26)18-11-7-16(8-12-18)14-20(22)24-4-2/h5-12H,3-4,13-14H2,1-2H3,(H2,21,23)(H2,22,24). The van der Waals surface area contributed by atoms with E-state index >= 15 is 0 Å². The van der Waals surface area contributed by atoms with Crippen LogP contribution < -0.4 is 11.5 Å². The summed E-state index contributed by atoms with van der Waals surface area (Å²) in [6.07, 6.45) is 1.01. The number of nitrogens with zero attached hydrogens (tertiary/aromatic N) is 2. The van der Waals surface area contributed by atoms with Crippen molar-refractivity contribution in [3.05, 3.63) is 59.7 Å². The maximum absolute atomic E-state index is 12.8. The Bertz CT molecular complexity index is 844. The lowest BCUT2D eigenvalue weighted by Crippen LogP contribution is -2.15. The second kappa shape index (κ2) is 9.32. The average molecular weight is 387 g/mol. The summed E-state index contributed by atoms with van der Waals surface area (Å²) in [4.78, 5) is 8.77. The SMILES string of the molecule is CCN=C(N)Cc1ccc(S(=O)(=O)c2ccc(CC(N)=NCC)cc2)cc1. The molecule has 0 amide bonds. The Morgan fingerprint density at radius 3 is 1.37 bits per heavy atom. The highest BCUT2D eigenvalue weighted by Gasteiger charge is 2.17. The van der Waals surface area contributed by atoms with E-state index in [1.807, 2.05) is 13.8 Å². The summed E-state index contributed by atoms with van der Waals surface area (Å²) in [5, 5.41) is 0. The largest absolute Gasteiger partial charge is 0.387 e. The van der Waals surface area contributed by atoms with Gasteiger partial charge in [-0.05, 0) is 49.2 Å². The van der Waals surface area contributed by atoms with Crippen molar-refractivity contribution in [2.75, 3.05) is 13.1 Å². The molecule has 2 aromatic rings. The van der Waals surface area contributed by atoms with Gasteiger partial charge in [0.05, 0.1) is 21.5 Å². The molecule has 0 heterocycles. The van der Waals surface area contributed by atoms with Gasteiger partial charge in [0, 0.05) is 25.9 Å². The molecule has 0 spiro atoms. The molecule has 0 unspecified atom stereocenters. The van der Waals surface area contributed by atoms with Gasteiger partial charge in [0.15, 0.2) is 0 Å². The van der Waals surface area contributed by atoms with Crippen molar-refractivity contribution < 1.29 is 8.42 Å². The number of rotatable bonds is 8. The first-order valence-electron chi connectivity index (χ1n) is 8.87. The molecule has 2 rings (SSSR count). The van der Waals surface area contributed by atoms with Gasteiger partial charge in [-0.1, -0.05) is 24.3 Å². The van der Waals surface area contributed by atoms with Crippen molar-refractivity contribution in [3.63, 3.8) is 0 Å². The third-order valence-electron chi connectivity index (χ3n) is 3.96. The molecule has 27 heavy (non-hydrogen) atoms. The molecule has 0 fully saturated rings. The molecule has 0 aliphatic rings. The molecule has 0 saturated heterocycles. The predicted octanol–water partition coefficient (Wildman–Crippen LogP) is 2.36. The fourth-order valence-electron chi connectivity index (χ4n) is 2.65. The van der Waals surface area contributed by atoms with Gasteiger partial charge in [-0.15, -0.1) is 0 Å². The zero-order valence-corrected chi connectivity index (χ0v) is 16.5. The fraction of sp³-hybridized carbons (Fsp3) is 0.300. The molecule has 6 nitrogen and oxygen atoms in total. The Kier molecular flexibility index (Phi) is 7.12. The van der Waals surface area contributed by atoms with Crippen molar-refractivity contribution in [1.82, 2.24) is 0 Å². The van der Waals surface area contributed by atoms with E-state index in [0.717, 1.165) is 11.1 Å². The molecule has 0 saturated carbocycles. The normalized spacial score (nSPS) is 13.0. The van der Waals surface area contributed by atoms with Crippen molar-refractivity contribution in [1.29, 1.82) is 0 Å². The molecule has 0 aliphatic heterocycles. The zero-order chi connectivity index (χ0) is 19.9. The average Bonchev–Trinajstić information content (AvgIpc) is 2.63. The highest BCUT2D eigenvalue weighted by Crippen LogP contribution is 2.22. The first-order valence-corrected chi connectivity index (χ1v) is 10.4. The number of amidine groups is 2. The Labute approximate surface area is 161 Å². The maximum atomic E-state index is 12.8. The van der Waals surface area contributed by atoms with Gasteiger partial charge in [-0.2, -0.15) is 0 Å². The van der Waals surface area contributed by atoms with Crippen LogP contribution in [0.15, 0.2) is 68.3 Å². The van der Waals surface area contributed by atoms with Crippen molar-refractivity contribution in [2.24, 2.45) is 21.5 Å². The molecule has 2 aromatic carbocycles. The molecule has 0 atom stereocenters. The monoisotopic (exact) mass is 386 g/mol. The maximum Gasteiger partial charge on any atom is 0.206 e. The van der Waals surface area contributed by atoms with E-state index in [1.165, 1.54) is 0 Å². The van der Waals surface area contributed by atoms with Gasteiger partial charge in [0.1, 0.15) is 0 Å². The molecule has 0 bridgehead atoms. The van der Waals surface area contributed by atoms with Crippen LogP contribution in [0.2, 0.25) is 0 Å². The number of nitrogens with two attached hydrogens (primary N) is 2. The summed E-state index contributed by atoms with van der Waals surface area (Å²) >= 11 is 0. The van der Waals surface area contributed by atoms with Crippen LogP contribution in [0.25, 0.3) is 0 Å². The number of hydrogen-bond donors (Lipinski definition) is 2. The minimum absolute atomic E-state index is 0.247. The van der Waals surface area contributed by atoms with E-state index in [2.05, 4.69) is 9.98 Å². The van der Waals surface area contributed by atoms with Gasteiger partial charge in [0.2, 0.25) is 9.84 Å². The lowest BCUT2D eigenvalue weighted by Gasteiger charge is -2.08. The Hall–Kier alpha value is -2.67. The van der Waals surface area contributed by atoms with E-state index in [0.29, 0.717) is 37.6 Å². The minimum Gasteiger partial charge on any atom is -0.387 e. The number of aliphatic imine (C=N–C) groups is 2. The summed E-state index contributed by atoms with van der Waals surface area (Å²) in [5.74, 6) is 1.07. The lowest BCUT2D eigenvalue weighted by molar-refractivity contribution is 0.596. The van der Waals surface area contributed by atoms with Crippen LogP contribution in [0.5, 0.6) is 0 Å². The first kappa shape index (κ1) is 20.6. The fourth-order valence-corrected chi connectivity index (χ4v) is 3.91. The number of hydrogen-bond acceptors (Lipinski definition) is 4. The van der Waals surface area contributed by atoms with Gasteiger partial charge in [-0.25, -0.2) is 8.42 Å². The smallest absolute Gasteiger partial charge is 0.206 e. The van der Waals surface area contributed by atoms with Gasteiger partial charge >= 0.3 is 0 Å². The molecule has 0 aliphatic carbocycles. The van der Waals surface area contributed by atoms with Crippen molar-refractivity contribution in [3.8, 4) is 0 Å². The van der Waals surface area contributed by atoms with Crippen LogP contribution in [0.3, 0.4) is 0 Å². The topological polar surface area (TPSA) is 111 Å². The van der Waals surface area contributed by atoms with Gasteiger partial charge in [-0.3, -0.25) is 9.98 Å². The second-order valence-electron chi connectivity index (χ2n) is 6.08. The minimum atomic E-state index is -3.57. The van der Waals surface area contributed by atoms with Crippen LogP contribution in [0, 0.1) is 0 Å². The predicted molar refractivity (Wildman–Crippen MR) is 110 cm³/mol. The lowest BCUT2D eigenvalue weighted by atomic mass is 10.1. The highest BCUT2D eigenvalue weighted by atomic mass is 32.2. The Balaban J connectivity index is 2.18. The van der Waals surface area contributed by atoms with E-state index in [4.69, 9.17) is 11.5 Å². The summed E-state index contributed by atoms with van der Waals surface area (Å²) in [6, 6.07) is 13.5. The molecule has 0 aromatic heterocycles. The molecular weight excluding hydrogens is 360 g/mol. The van der Waals surface area contributed by atoms with Crippen LogP contribution in [0.1, 0.15) is 25.0 Å². The third-order valence-corrected chi connectivity index (χ3v) is 5.75. The second-order valence-corrected chi connectivity index (χ2v) is 8.03. The van der Waals surface area contributed by atoms with Crippen molar-refractivity contribution >= 4 is 21.5 Å². The molecule has 7 heteroatoms. The number of sulfone groups is 1. The van der Waals surface area contributed by atoms with Crippen LogP contribution in [-0.4, -0.2) is 33.2 Å². The van der Waals surface area contributed by atoms with Crippen molar-refractivity contribution in [2.45, 2.75) is 36.5 Å². The summed E-state index contributed by atoms with van der Waals surface area (Å²) < 4.78 is 25.6. The molecule has 144 valence electrons. The van der Waals surface area contributed by atoms with Gasteiger partial charge < -0.3 is 11.5 Å². The van der Waals surface area contributed by atoms with E-state index in [1.54, 1.807) is 48.5 Å². The Morgan fingerprint density at radius 1 is 0.741 bits per heavy atom. The zero-order valence-electron chi connectivity index (χ0n) is 15.7. The van der Waals surface area contributed by atoms with Crippen LogP contribution in [-0.2, 0) is 22.7 Å². The highest BCUT2D eigenvalue weighted by molar-refractivity contribution is 7.91. The molecular formula is C20H26N4O2S. The quantitative estimate of drug-likeness (QED) is 0.536. The Morgan fingerprint density at radius 2 is 1.07 bits per heavy atom. The number of benzene rings is 2. The first-order chi connectivity index (χ1) is 12.9. The summed E-state index contributed by atoms with van der Waals surface area (Å²) in [6.45, 7) is 5.09. The van der Waals surface area contributed by atoms with E-state index in [-0.39, 0.29) is 9.79 Å². The van der Waals surface area contributed by atoms with Crippen LogP contribution >= 0.6 is 0 Å². The van der Waals surface area contributed by atoms with Crippen LogP contribution in [0.4, 0.5) is 0 Å². The molecule has 0 radical (unpaired) electrons.